The summed E-state index contributed by atoms with van der Waals surface area (Å²) in [5.74, 6) is -0.509. The van der Waals surface area contributed by atoms with Gasteiger partial charge < -0.3 is 19.6 Å². The van der Waals surface area contributed by atoms with Crippen LogP contribution in [0.1, 0.15) is 23.3 Å². The standard InChI is InChI=1S/C11H15N3O3S/c1-14-7(5-12-10(14)18)8(15)13-6-11(3-4-11)9(16)17-2/h5H,3-4,6H2,1-2H3,(H,12,18)(H,13,15). The number of hydrogen-bond donors (Lipinski definition) is 2. The molecule has 1 amide bonds. The van der Waals surface area contributed by atoms with Crippen LogP contribution in [0.25, 0.3) is 0 Å². The quantitative estimate of drug-likeness (QED) is 0.625. The van der Waals surface area contributed by atoms with E-state index < -0.39 is 5.41 Å². The molecule has 0 bridgehead atoms. The smallest absolute Gasteiger partial charge is 0.313 e. The fourth-order valence-electron chi connectivity index (χ4n) is 1.81. The Kier molecular flexibility index (Phi) is 3.25. The Morgan fingerprint density at radius 3 is 2.72 bits per heavy atom. The van der Waals surface area contributed by atoms with E-state index >= 15 is 0 Å². The minimum atomic E-state index is -0.518. The zero-order valence-corrected chi connectivity index (χ0v) is 11.1. The van der Waals surface area contributed by atoms with E-state index in [9.17, 15) is 9.59 Å². The van der Waals surface area contributed by atoms with E-state index in [0.29, 0.717) is 17.0 Å². The number of nitrogens with zero attached hydrogens (tertiary/aromatic N) is 1. The maximum atomic E-state index is 11.9. The summed E-state index contributed by atoms with van der Waals surface area (Å²) >= 11 is 4.98. The lowest BCUT2D eigenvalue weighted by molar-refractivity contribution is -0.146. The highest BCUT2D eigenvalue weighted by Gasteiger charge is 2.51. The number of H-pyrrole nitrogens is 1. The molecule has 1 heterocycles. The van der Waals surface area contributed by atoms with E-state index in [1.807, 2.05) is 0 Å². The molecule has 2 N–H and O–H groups in total. The second-order valence-corrected chi connectivity index (χ2v) is 4.88. The van der Waals surface area contributed by atoms with E-state index in [1.54, 1.807) is 17.8 Å². The molecular formula is C11H15N3O3S. The van der Waals surface area contributed by atoms with Crippen LogP contribution in [0.4, 0.5) is 0 Å². The molecule has 0 aliphatic heterocycles. The molecule has 7 heteroatoms. The van der Waals surface area contributed by atoms with E-state index in [0.717, 1.165) is 12.8 Å². The number of rotatable bonds is 4. The molecule has 1 aliphatic carbocycles. The molecule has 1 aromatic rings. The van der Waals surface area contributed by atoms with Crippen molar-refractivity contribution in [1.29, 1.82) is 0 Å². The van der Waals surface area contributed by atoms with Crippen molar-refractivity contribution < 1.29 is 14.3 Å². The van der Waals surface area contributed by atoms with E-state index in [4.69, 9.17) is 17.0 Å². The molecule has 0 unspecified atom stereocenters. The van der Waals surface area contributed by atoms with Gasteiger partial charge in [-0.15, -0.1) is 0 Å². The summed E-state index contributed by atoms with van der Waals surface area (Å²) in [5.41, 5.74) is -0.0727. The summed E-state index contributed by atoms with van der Waals surface area (Å²) in [7, 11) is 3.07. The number of aromatic amines is 1. The highest BCUT2D eigenvalue weighted by molar-refractivity contribution is 7.71. The topological polar surface area (TPSA) is 76.1 Å². The van der Waals surface area contributed by atoms with Crippen LogP contribution in [0, 0.1) is 10.2 Å². The Bertz CT molecular complexity index is 542. The first-order chi connectivity index (χ1) is 8.50. The zero-order valence-electron chi connectivity index (χ0n) is 10.3. The Morgan fingerprint density at radius 1 is 1.61 bits per heavy atom. The molecule has 98 valence electrons. The Hall–Kier alpha value is -1.63. The third-order valence-corrected chi connectivity index (χ3v) is 3.68. The molecule has 0 atom stereocenters. The van der Waals surface area contributed by atoms with Gasteiger partial charge in [0.1, 0.15) is 5.69 Å². The average molecular weight is 269 g/mol. The van der Waals surface area contributed by atoms with Crippen LogP contribution in [0.2, 0.25) is 0 Å². The van der Waals surface area contributed by atoms with Gasteiger partial charge in [-0.05, 0) is 25.1 Å². The van der Waals surface area contributed by atoms with E-state index in [1.165, 1.54) is 7.11 Å². The number of nitrogens with one attached hydrogen (secondary N) is 2. The molecule has 2 rings (SSSR count). The largest absolute Gasteiger partial charge is 0.469 e. The van der Waals surface area contributed by atoms with Gasteiger partial charge in [0.25, 0.3) is 5.91 Å². The van der Waals surface area contributed by atoms with Crippen LogP contribution in [-0.2, 0) is 16.6 Å². The maximum absolute atomic E-state index is 11.9. The molecule has 0 radical (unpaired) electrons. The van der Waals surface area contributed by atoms with Gasteiger partial charge in [-0.2, -0.15) is 0 Å². The summed E-state index contributed by atoms with van der Waals surface area (Å²) in [6.45, 7) is 0.302. The fourth-order valence-corrected chi connectivity index (χ4v) is 1.97. The Morgan fingerprint density at radius 2 is 2.28 bits per heavy atom. The Labute approximate surface area is 109 Å². The average Bonchev–Trinajstić information content (AvgIpc) is 3.09. The summed E-state index contributed by atoms with van der Waals surface area (Å²) in [6.07, 6.45) is 3.06. The van der Waals surface area contributed by atoms with Crippen molar-refractivity contribution in [3.05, 3.63) is 16.7 Å². The van der Waals surface area contributed by atoms with Crippen molar-refractivity contribution in [3.8, 4) is 0 Å². The van der Waals surface area contributed by atoms with Crippen LogP contribution >= 0.6 is 12.2 Å². The van der Waals surface area contributed by atoms with Gasteiger partial charge in [-0.25, -0.2) is 0 Å². The van der Waals surface area contributed by atoms with Gasteiger partial charge in [0.2, 0.25) is 0 Å². The zero-order chi connectivity index (χ0) is 13.3. The predicted octanol–water partition coefficient (Wildman–Crippen LogP) is 0.766. The van der Waals surface area contributed by atoms with Crippen molar-refractivity contribution in [3.63, 3.8) is 0 Å². The highest BCUT2D eigenvalue weighted by Crippen LogP contribution is 2.46. The normalized spacial score (nSPS) is 16.1. The van der Waals surface area contributed by atoms with Crippen molar-refractivity contribution >= 4 is 24.1 Å². The summed E-state index contributed by atoms with van der Waals surface area (Å²) < 4.78 is 6.79. The van der Waals surface area contributed by atoms with Crippen molar-refractivity contribution in [2.75, 3.05) is 13.7 Å². The molecule has 1 aliphatic rings. The molecule has 0 saturated heterocycles. The van der Waals surface area contributed by atoms with Crippen molar-refractivity contribution in [1.82, 2.24) is 14.9 Å². The molecule has 18 heavy (non-hydrogen) atoms. The third kappa shape index (κ3) is 2.17. The predicted molar refractivity (Wildman–Crippen MR) is 66.6 cm³/mol. The highest BCUT2D eigenvalue weighted by atomic mass is 32.1. The van der Waals surface area contributed by atoms with Gasteiger partial charge in [-0.3, -0.25) is 9.59 Å². The van der Waals surface area contributed by atoms with Gasteiger partial charge >= 0.3 is 5.97 Å². The minimum absolute atomic E-state index is 0.250. The van der Waals surface area contributed by atoms with Crippen LogP contribution < -0.4 is 5.32 Å². The fraction of sp³-hybridized carbons (Fsp3) is 0.545. The Balaban J connectivity index is 1.99. The number of carbonyl (C=O) groups is 2. The minimum Gasteiger partial charge on any atom is -0.469 e. The van der Waals surface area contributed by atoms with Crippen LogP contribution in [0.3, 0.4) is 0 Å². The lowest BCUT2D eigenvalue weighted by Crippen LogP contribution is -2.35. The second-order valence-electron chi connectivity index (χ2n) is 4.49. The first-order valence-corrected chi connectivity index (χ1v) is 6.02. The number of amides is 1. The van der Waals surface area contributed by atoms with Crippen molar-refractivity contribution in [2.45, 2.75) is 12.8 Å². The number of esters is 1. The molecule has 0 aromatic carbocycles. The first kappa shape index (κ1) is 12.8. The van der Waals surface area contributed by atoms with Crippen LogP contribution in [-0.4, -0.2) is 35.1 Å². The number of ether oxygens (including phenoxy) is 1. The van der Waals surface area contributed by atoms with E-state index in [-0.39, 0.29) is 11.9 Å². The van der Waals surface area contributed by atoms with Gasteiger partial charge in [0.15, 0.2) is 4.77 Å². The number of aromatic nitrogens is 2. The molecule has 1 fully saturated rings. The van der Waals surface area contributed by atoms with E-state index in [2.05, 4.69) is 10.3 Å². The summed E-state index contributed by atoms with van der Waals surface area (Å²) in [4.78, 5) is 26.2. The summed E-state index contributed by atoms with van der Waals surface area (Å²) in [5, 5.41) is 2.74. The molecule has 6 nitrogen and oxygen atoms in total. The second kappa shape index (κ2) is 4.56. The summed E-state index contributed by atoms with van der Waals surface area (Å²) in [6, 6.07) is 0. The van der Waals surface area contributed by atoms with Gasteiger partial charge in [0, 0.05) is 19.8 Å². The first-order valence-electron chi connectivity index (χ1n) is 5.61. The molecule has 0 spiro atoms. The lowest BCUT2D eigenvalue weighted by Gasteiger charge is -2.13. The number of hydrogen-bond acceptors (Lipinski definition) is 4. The molecular weight excluding hydrogens is 254 g/mol. The maximum Gasteiger partial charge on any atom is 0.313 e. The third-order valence-electron chi connectivity index (χ3n) is 3.29. The number of imidazole rings is 1. The number of methoxy groups -OCH3 is 1. The lowest BCUT2D eigenvalue weighted by atomic mass is 10.1. The SMILES string of the molecule is COC(=O)C1(CNC(=O)c2c[nH]c(=S)n2C)CC1. The van der Waals surface area contributed by atoms with Gasteiger partial charge in [-0.1, -0.05) is 0 Å². The molecule has 1 saturated carbocycles. The number of carbonyl (C=O) groups excluding carboxylic acids is 2. The van der Waals surface area contributed by atoms with Crippen LogP contribution in [0.15, 0.2) is 6.20 Å². The van der Waals surface area contributed by atoms with Crippen molar-refractivity contribution in [2.24, 2.45) is 12.5 Å². The monoisotopic (exact) mass is 269 g/mol. The van der Waals surface area contributed by atoms with Gasteiger partial charge in [0.05, 0.1) is 12.5 Å². The molecule has 1 aromatic heterocycles. The van der Waals surface area contributed by atoms with Crippen LogP contribution in [0.5, 0.6) is 0 Å².